The molecule has 10 heteroatoms. The van der Waals surface area contributed by atoms with Crippen LogP contribution in [0.3, 0.4) is 0 Å². The minimum atomic E-state index is -1.37. The van der Waals surface area contributed by atoms with Gasteiger partial charge in [0, 0.05) is 5.92 Å². The highest BCUT2D eigenvalue weighted by atomic mass is 16.7. The molecule has 0 saturated carbocycles. The Kier molecular flexibility index (Phi) is 12.2. The van der Waals surface area contributed by atoms with E-state index in [1.807, 2.05) is 48.5 Å². The number of rotatable bonds is 12. The number of ether oxygens (including phenoxy) is 4. The second-order valence-corrected chi connectivity index (χ2v) is 13.2. The summed E-state index contributed by atoms with van der Waals surface area (Å²) < 4.78 is 21.9. The Hall–Kier alpha value is -3.14. The van der Waals surface area contributed by atoms with Crippen LogP contribution in [0, 0.1) is 10.8 Å². The topological polar surface area (TPSA) is 151 Å². The summed E-state index contributed by atoms with van der Waals surface area (Å²) in [6.45, 7) is 18.3. The van der Waals surface area contributed by atoms with Crippen LogP contribution >= 0.6 is 0 Å². The van der Waals surface area contributed by atoms with Crippen LogP contribution in [-0.2, 0) is 23.9 Å². The number of esters is 2. The average molecular weight is 566 g/mol. The molecule has 1 aromatic rings. The number of carboxylic acids is 1. The van der Waals surface area contributed by atoms with Gasteiger partial charge in [-0.25, -0.2) is 4.79 Å². The normalized spacial score (nSPS) is 14.5. The monoisotopic (exact) mass is 565 g/mol. The van der Waals surface area contributed by atoms with E-state index in [1.54, 1.807) is 26.8 Å². The van der Waals surface area contributed by atoms with Gasteiger partial charge >= 0.3 is 24.1 Å². The molecule has 0 aliphatic rings. The van der Waals surface area contributed by atoms with Crippen LogP contribution < -0.4 is 15.2 Å². The fraction of sp³-hybridized carbons (Fsp3) is 0.667. The van der Waals surface area contributed by atoms with E-state index in [-0.39, 0.29) is 41.6 Å². The van der Waals surface area contributed by atoms with Gasteiger partial charge in [0.05, 0.1) is 12.8 Å². The molecule has 226 valence electrons. The maximum absolute atomic E-state index is 12.7. The molecule has 3 atom stereocenters. The maximum atomic E-state index is 12.7. The summed E-state index contributed by atoms with van der Waals surface area (Å²) in [5.74, 6) is -3.18. The van der Waals surface area contributed by atoms with Gasteiger partial charge in [-0.15, -0.1) is 0 Å². The van der Waals surface area contributed by atoms with Crippen LogP contribution in [-0.4, -0.2) is 46.9 Å². The molecule has 0 saturated heterocycles. The number of aliphatic carboxylic acids is 1. The van der Waals surface area contributed by atoms with E-state index in [9.17, 15) is 24.3 Å². The third-order valence-electron chi connectivity index (χ3n) is 6.01. The first-order valence-electron chi connectivity index (χ1n) is 13.6. The molecule has 0 spiro atoms. The lowest BCUT2D eigenvalue weighted by Gasteiger charge is -2.27. The van der Waals surface area contributed by atoms with Gasteiger partial charge in [-0.3, -0.25) is 14.4 Å². The van der Waals surface area contributed by atoms with Gasteiger partial charge < -0.3 is 29.8 Å². The Morgan fingerprint density at radius 3 is 1.82 bits per heavy atom. The Morgan fingerprint density at radius 1 is 0.875 bits per heavy atom. The zero-order valence-electron chi connectivity index (χ0n) is 25.6. The third-order valence-corrected chi connectivity index (χ3v) is 6.01. The summed E-state index contributed by atoms with van der Waals surface area (Å²) in [6.07, 6.45) is -0.811. The Morgan fingerprint density at radius 2 is 1.38 bits per heavy atom. The van der Waals surface area contributed by atoms with Crippen LogP contribution in [0.15, 0.2) is 18.2 Å². The van der Waals surface area contributed by atoms with Crippen molar-refractivity contribution >= 4 is 24.1 Å². The molecule has 40 heavy (non-hydrogen) atoms. The fourth-order valence-electron chi connectivity index (χ4n) is 3.66. The number of hydrogen-bond donors (Lipinski definition) is 2. The molecular formula is C30H47NO9. The molecule has 1 rings (SSSR count). The maximum Gasteiger partial charge on any atom is 0.509 e. The van der Waals surface area contributed by atoms with Crippen molar-refractivity contribution in [2.24, 2.45) is 16.6 Å². The molecule has 0 aromatic heterocycles. The van der Waals surface area contributed by atoms with Crippen molar-refractivity contribution in [1.82, 2.24) is 0 Å². The highest BCUT2D eigenvalue weighted by Gasteiger charge is 2.31. The number of carboxylic acid groups (broad SMARTS) is 1. The lowest BCUT2D eigenvalue weighted by molar-refractivity contribution is -0.139. The van der Waals surface area contributed by atoms with Crippen LogP contribution in [0.5, 0.6) is 11.5 Å². The van der Waals surface area contributed by atoms with Crippen LogP contribution in [0.25, 0.3) is 0 Å². The van der Waals surface area contributed by atoms with Crippen LogP contribution in [0.4, 0.5) is 4.79 Å². The Balaban J connectivity index is 3.37. The SMILES string of the molecule is CCC(C)(C)OC(=O)OC(C)CC(c1ccc(OC(=O)CC(C)(C)C)c(OC(=O)CC(C)(C)C)c1)[C@H](N)C(=O)O. The lowest BCUT2D eigenvalue weighted by Crippen LogP contribution is -2.38. The fourth-order valence-corrected chi connectivity index (χ4v) is 3.66. The highest BCUT2D eigenvalue weighted by Crippen LogP contribution is 2.36. The molecule has 0 bridgehead atoms. The van der Waals surface area contributed by atoms with Crippen molar-refractivity contribution < 1.29 is 43.2 Å². The zero-order chi connectivity index (χ0) is 31.1. The van der Waals surface area contributed by atoms with Crippen molar-refractivity contribution in [3.63, 3.8) is 0 Å². The van der Waals surface area contributed by atoms with E-state index in [4.69, 9.17) is 24.7 Å². The average Bonchev–Trinajstić information content (AvgIpc) is 2.75. The van der Waals surface area contributed by atoms with Crippen molar-refractivity contribution in [3.05, 3.63) is 23.8 Å². The first-order valence-corrected chi connectivity index (χ1v) is 13.6. The summed E-state index contributed by atoms with van der Waals surface area (Å²) >= 11 is 0. The highest BCUT2D eigenvalue weighted by molar-refractivity contribution is 5.77. The van der Waals surface area contributed by atoms with E-state index in [0.717, 1.165) is 0 Å². The van der Waals surface area contributed by atoms with E-state index < -0.39 is 47.7 Å². The standard InChI is InChI=1S/C30H47NO9/c1-11-30(9,10)40-27(36)37-18(2)14-20(25(31)26(34)35)19-12-13-21(38-23(32)16-28(3,4)5)22(15-19)39-24(33)17-29(6,7)8/h12-13,15,18,20,25H,11,14,16-17,31H2,1-10H3,(H,34,35)/t18?,20?,25-/m0/s1. The summed E-state index contributed by atoms with van der Waals surface area (Å²) in [5, 5.41) is 9.71. The van der Waals surface area contributed by atoms with Crippen LogP contribution in [0.1, 0.15) is 106 Å². The first kappa shape index (κ1) is 34.9. The van der Waals surface area contributed by atoms with Crippen molar-refractivity contribution in [1.29, 1.82) is 0 Å². The quantitative estimate of drug-likeness (QED) is 0.228. The van der Waals surface area contributed by atoms with Crippen molar-refractivity contribution in [2.75, 3.05) is 0 Å². The summed E-state index contributed by atoms with van der Waals surface area (Å²) in [7, 11) is 0. The second kappa shape index (κ2) is 14.0. The first-order chi connectivity index (χ1) is 18.1. The summed E-state index contributed by atoms with van der Waals surface area (Å²) in [4.78, 5) is 49.4. The van der Waals surface area contributed by atoms with E-state index >= 15 is 0 Å². The molecule has 3 N–H and O–H groups in total. The van der Waals surface area contributed by atoms with Gasteiger partial charge in [-0.1, -0.05) is 54.5 Å². The molecule has 0 radical (unpaired) electrons. The molecule has 1 aromatic carbocycles. The van der Waals surface area contributed by atoms with E-state index in [2.05, 4.69) is 0 Å². The summed E-state index contributed by atoms with van der Waals surface area (Å²) in [6, 6.07) is 3.07. The van der Waals surface area contributed by atoms with Crippen molar-refractivity contribution in [2.45, 2.75) is 119 Å². The third kappa shape index (κ3) is 12.8. The number of carbonyl (C=O) groups excluding carboxylic acids is 3. The Labute approximate surface area is 237 Å². The molecule has 10 nitrogen and oxygen atoms in total. The molecule has 2 unspecified atom stereocenters. The largest absolute Gasteiger partial charge is 0.509 e. The lowest BCUT2D eigenvalue weighted by atomic mass is 9.87. The smallest absolute Gasteiger partial charge is 0.480 e. The molecule has 0 aliphatic heterocycles. The second-order valence-electron chi connectivity index (χ2n) is 13.2. The minimum Gasteiger partial charge on any atom is -0.480 e. The molecule has 0 fully saturated rings. The number of hydrogen-bond acceptors (Lipinski definition) is 9. The molecule has 0 heterocycles. The predicted molar refractivity (Wildman–Crippen MR) is 150 cm³/mol. The minimum absolute atomic E-state index is 0.0255. The van der Waals surface area contributed by atoms with Gasteiger partial charge in [0.1, 0.15) is 17.7 Å². The van der Waals surface area contributed by atoms with Crippen LogP contribution in [0.2, 0.25) is 0 Å². The van der Waals surface area contributed by atoms with Crippen molar-refractivity contribution in [3.8, 4) is 11.5 Å². The van der Waals surface area contributed by atoms with E-state index in [1.165, 1.54) is 12.1 Å². The number of benzene rings is 1. The predicted octanol–water partition coefficient (Wildman–Crippen LogP) is 5.99. The summed E-state index contributed by atoms with van der Waals surface area (Å²) in [5.41, 5.74) is 5.04. The van der Waals surface area contributed by atoms with Gasteiger partial charge in [0.25, 0.3) is 0 Å². The van der Waals surface area contributed by atoms with Gasteiger partial charge in [0.2, 0.25) is 0 Å². The molecular weight excluding hydrogens is 518 g/mol. The number of nitrogens with two attached hydrogens (primary N) is 1. The Bertz CT molecular complexity index is 1050. The van der Waals surface area contributed by atoms with Gasteiger partial charge in [-0.2, -0.15) is 0 Å². The van der Waals surface area contributed by atoms with Gasteiger partial charge in [0.15, 0.2) is 11.5 Å². The molecule has 0 aliphatic carbocycles. The van der Waals surface area contributed by atoms with Gasteiger partial charge in [-0.05, 0) is 62.1 Å². The van der Waals surface area contributed by atoms with E-state index in [0.29, 0.717) is 12.0 Å². The zero-order valence-corrected chi connectivity index (χ0v) is 25.6. The number of carbonyl (C=O) groups is 4. The molecule has 0 amide bonds.